The van der Waals surface area contributed by atoms with E-state index in [1.165, 1.54) is 5.56 Å². The number of hydrogen-bond donors (Lipinski definition) is 1. The van der Waals surface area contributed by atoms with E-state index in [0.29, 0.717) is 6.54 Å². The highest BCUT2D eigenvalue weighted by Gasteiger charge is 2.18. The molecule has 1 heterocycles. The largest absolute Gasteiger partial charge is 0.329 e. The van der Waals surface area contributed by atoms with Crippen molar-refractivity contribution in [1.29, 1.82) is 0 Å². The molecule has 0 spiro atoms. The zero-order valence-electron chi connectivity index (χ0n) is 10.6. The molecule has 0 aliphatic rings. The number of nitrogens with zero attached hydrogens (tertiary/aromatic N) is 1. The van der Waals surface area contributed by atoms with Gasteiger partial charge in [0, 0.05) is 28.6 Å². The van der Waals surface area contributed by atoms with Crippen molar-refractivity contribution >= 4 is 38.9 Å². The number of likely N-dealkylation sites (N-methyl/N-ethyl adjacent to an activating group) is 1. The lowest BCUT2D eigenvalue weighted by molar-refractivity contribution is 0.241. The van der Waals surface area contributed by atoms with Gasteiger partial charge in [0.25, 0.3) is 0 Å². The maximum atomic E-state index is 6.09. The van der Waals surface area contributed by atoms with Crippen LogP contribution < -0.4 is 5.73 Å². The SMILES string of the molecule is CN(Cc1ccsc1)C(CN)c1cc(Cl)ccc1Br. The quantitative estimate of drug-likeness (QED) is 0.862. The smallest absolute Gasteiger partial charge is 0.0482 e. The molecule has 0 radical (unpaired) electrons. The second kappa shape index (κ2) is 6.86. The Morgan fingerprint density at radius 3 is 2.84 bits per heavy atom. The van der Waals surface area contributed by atoms with Gasteiger partial charge in [-0.05, 0) is 53.2 Å². The molecule has 0 fully saturated rings. The first-order chi connectivity index (χ1) is 9.11. The molecule has 2 rings (SSSR count). The highest BCUT2D eigenvalue weighted by molar-refractivity contribution is 9.10. The molecule has 1 unspecified atom stereocenters. The van der Waals surface area contributed by atoms with E-state index < -0.39 is 0 Å². The second-order valence-corrected chi connectivity index (χ2v) is 6.53. The monoisotopic (exact) mass is 358 g/mol. The zero-order chi connectivity index (χ0) is 13.8. The summed E-state index contributed by atoms with van der Waals surface area (Å²) in [5.74, 6) is 0. The van der Waals surface area contributed by atoms with Gasteiger partial charge in [0.2, 0.25) is 0 Å². The number of hydrogen-bond acceptors (Lipinski definition) is 3. The van der Waals surface area contributed by atoms with Crippen molar-refractivity contribution in [2.75, 3.05) is 13.6 Å². The Balaban J connectivity index is 2.21. The summed E-state index contributed by atoms with van der Waals surface area (Å²) in [6.07, 6.45) is 0. The van der Waals surface area contributed by atoms with Gasteiger partial charge in [0.1, 0.15) is 0 Å². The van der Waals surface area contributed by atoms with Gasteiger partial charge in [0.05, 0.1) is 0 Å². The Hall–Kier alpha value is -0.390. The third-order valence-corrected chi connectivity index (χ3v) is 4.77. The van der Waals surface area contributed by atoms with Crippen LogP contribution in [0.4, 0.5) is 0 Å². The Morgan fingerprint density at radius 1 is 1.42 bits per heavy atom. The van der Waals surface area contributed by atoms with Crippen molar-refractivity contribution in [2.24, 2.45) is 5.73 Å². The lowest BCUT2D eigenvalue weighted by atomic mass is 10.1. The van der Waals surface area contributed by atoms with E-state index in [2.05, 4.69) is 44.7 Å². The number of nitrogens with two attached hydrogens (primary N) is 1. The minimum Gasteiger partial charge on any atom is -0.329 e. The van der Waals surface area contributed by atoms with Gasteiger partial charge in [-0.3, -0.25) is 4.90 Å². The van der Waals surface area contributed by atoms with E-state index >= 15 is 0 Å². The van der Waals surface area contributed by atoms with Gasteiger partial charge in [0.15, 0.2) is 0 Å². The predicted molar refractivity (Wildman–Crippen MR) is 86.7 cm³/mol. The van der Waals surface area contributed by atoms with Gasteiger partial charge in [-0.2, -0.15) is 11.3 Å². The van der Waals surface area contributed by atoms with Crippen LogP contribution in [0.3, 0.4) is 0 Å². The normalized spacial score (nSPS) is 12.9. The molecule has 102 valence electrons. The molecule has 0 bridgehead atoms. The standard InChI is InChI=1S/C14H16BrClN2S/c1-18(8-10-4-5-19-9-10)14(7-17)12-6-11(16)2-3-13(12)15/h2-6,9,14H,7-8,17H2,1H3. The summed E-state index contributed by atoms with van der Waals surface area (Å²) in [5.41, 5.74) is 8.39. The van der Waals surface area contributed by atoms with E-state index in [4.69, 9.17) is 17.3 Å². The van der Waals surface area contributed by atoms with Crippen LogP contribution in [0.25, 0.3) is 0 Å². The molecule has 1 aromatic carbocycles. The van der Waals surface area contributed by atoms with Crippen molar-refractivity contribution in [3.05, 3.63) is 55.6 Å². The fraction of sp³-hybridized carbons (Fsp3) is 0.286. The van der Waals surface area contributed by atoms with Crippen molar-refractivity contribution in [3.8, 4) is 0 Å². The fourth-order valence-electron chi connectivity index (χ4n) is 2.10. The van der Waals surface area contributed by atoms with E-state index in [1.807, 2.05) is 18.2 Å². The maximum absolute atomic E-state index is 6.09. The van der Waals surface area contributed by atoms with Gasteiger partial charge in [-0.15, -0.1) is 0 Å². The summed E-state index contributed by atoms with van der Waals surface area (Å²) in [7, 11) is 2.09. The molecular formula is C14H16BrClN2S. The van der Waals surface area contributed by atoms with Gasteiger partial charge >= 0.3 is 0 Å². The van der Waals surface area contributed by atoms with Gasteiger partial charge in [-0.1, -0.05) is 27.5 Å². The zero-order valence-corrected chi connectivity index (χ0v) is 13.8. The molecular weight excluding hydrogens is 344 g/mol. The molecule has 0 amide bonds. The van der Waals surface area contributed by atoms with Crippen molar-refractivity contribution < 1.29 is 0 Å². The minimum atomic E-state index is 0.146. The fourth-order valence-corrected chi connectivity index (χ4v) is 3.45. The molecule has 0 saturated heterocycles. The van der Waals surface area contributed by atoms with E-state index in [0.717, 1.165) is 21.6 Å². The summed E-state index contributed by atoms with van der Waals surface area (Å²) in [6, 6.07) is 8.11. The first kappa shape index (κ1) is 15.0. The molecule has 2 nitrogen and oxygen atoms in total. The summed E-state index contributed by atoms with van der Waals surface area (Å²) < 4.78 is 1.05. The summed E-state index contributed by atoms with van der Waals surface area (Å²) in [5, 5.41) is 4.99. The Bertz CT molecular complexity index is 530. The minimum absolute atomic E-state index is 0.146. The van der Waals surface area contributed by atoms with Crippen LogP contribution in [-0.4, -0.2) is 18.5 Å². The molecule has 0 aliphatic carbocycles. The van der Waals surface area contributed by atoms with Crippen molar-refractivity contribution in [1.82, 2.24) is 4.90 Å². The van der Waals surface area contributed by atoms with E-state index in [1.54, 1.807) is 11.3 Å². The highest BCUT2D eigenvalue weighted by atomic mass is 79.9. The maximum Gasteiger partial charge on any atom is 0.0482 e. The van der Waals surface area contributed by atoms with Crippen LogP contribution in [-0.2, 0) is 6.54 Å². The summed E-state index contributed by atoms with van der Waals surface area (Å²) >= 11 is 11.4. The third kappa shape index (κ3) is 3.80. The van der Waals surface area contributed by atoms with Gasteiger partial charge in [-0.25, -0.2) is 0 Å². The average molecular weight is 360 g/mol. The molecule has 2 N–H and O–H groups in total. The van der Waals surface area contributed by atoms with E-state index in [-0.39, 0.29) is 6.04 Å². The number of rotatable bonds is 5. The van der Waals surface area contributed by atoms with Crippen LogP contribution in [0.15, 0.2) is 39.5 Å². The number of thiophene rings is 1. The number of halogens is 2. The van der Waals surface area contributed by atoms with Crippen LogP contribution in [0.5, 0.6) is 0 Å². The highest BCUT2D eigenvalue weighted by Crippen LogP contribution is 2.30. The summed E-state index contributed by atoms with van der Waals surface area (Å²) in [6.45, 7) is 1.43. The summed E-state index contributed by atoms with van der Waals surface area (Å²) in [4.78, 5) is 2.25. The molecule has 5 heteroatoms. The molecule has 0 saturated carbocycles. The van der Waals surface area contributed by atoms with Crippen LogP contribution in [0.1, 0.15) is 17.2 Å². The van der Waals surface area contributed by atoms with Crippen molar-refractivity contribution in [3.63, 3.8) is 0 Å². The Labute approximate surface area is 131 Å². The average Bonchev–Trinajstić information content (AvgIpc) is 2.87. The third-order valence-electron chi connectivity index (χ3n) is 3.08. The lowest BCUT2D eigenvalue weighted by Gasteiger charge is -2.28. The van der Waals surface area contributed by atoms with E-state index in [9.17, 15) is 0 Å². The first-order valence-corrected chi connectivity index (χ1v) is 8.09. The van der Waals surface area contributed by atoms with Crippen LogP contribution >= 0.6 is 38.9 Å². The first-order valence-electron chi connectivity index (χ1n) is 5.98. The second-order valence-electron chi connectivity index (χ2n) is 4.46. The molecule has 0 aliphatic heterocycles. The lowest BCUT2D eigenvalue weighted by Crippen LogP contribution is -2.30. The van der Waals surface area contributed by atoms with Crippen LogP contribution in [0, 0.1) is 0 Å². The molecule has 19 heavy (non-hydrogen) atoms. The molecule has 1 aromatic heterocycles. The predicted octanol–water partition coefficient (Wildman–Crippen LogP) is 4.30. The van der Waals surface area contributed by atoms with Crippen molar-refractivity contribution in [2.45, 2.75) is 12.6 Å². The topological polar surface area (TPSA) is 29.3 Å². The Morgan fingerprint density at radius 2 is 2.21 bits per heavy atom. The van der Waals surface area contributed by atoms with Gasteiger partial charge < -0.3 is 5.73 Å². The number of benzene rings is 1. The molecule has 2 aromatic rings. The Kier molecular flexibility index (Phi) is 5.42. The molecule has 1 atom stereocenters. The van der Waals surface area contributed by atoms with Crippen LogP contribution in [0.2, 0.25) is 5.02 Å².